The largest absolute Gasteiger partial charge is 0.462 e. The number of benzene rings is 1. The highest BCUT2D eigenvalue weighted by Crippen LogP contribution is 2.30. The number of carbonyl (C=O) groups excluding carboxylic acids is 1. The normalized spacial score (nSPS) is 13.1. The number of nitrogens with two attached hydrogens (primary N) is 1. The number of carbonyl (C=O) groups is 1. The van der Waals surface area contributed by atoms with E-state index in [0.29, 0.717) is 18.1 Å². The van der Waals surface area contributed by atoms with E-state index >= 15 is 0 Å². The van der Waals surface area contributed by atoms with Gasteiger partial charge in [-0.15, -0.1) is 0 Å². The molecule has 0 fully saturated rings. The fraction of sp³-hybridized carbons (Fsp3) is 0.562. The molecule has 2 N–H and O–H groups in total. The highest BCUT2D eigenvalue weighted by molar-refractivity contribution is 5.89. The van der Waals surface area contributed by atoms with Crippen molar-refractivity contribution in [2.45, 2.75) is 52.0 Å². The van der Waals surface area contributed by atoms with Gasteiger partial charge in [0.2, 0.25) is 0 Å². The summed E-state index contributed by atoms with van der Waals surface area (Å²) in [4.78, 5) is 11.6. The van der Waals surface area contributed by atoms with Crippen LogP contribution in [0.1, 0.15) is 62.4 Å². The Bertz CT molecular complexity index is 404. The summed E-state index contributed by atoms with van der Waals surface area (Å²) in [5.41, 5.74) is 7.77. The zero-order chi connectivity index (χ0) is 14.5. The van der Waals surface area contributed by atoms with Crippen LogP contribution in [0.15, 0.2) is 24.3 Å². The average Bonchev–Trinajstić information content (AvgIpc) is 2.35. The fourth-order valence-electron chi connectivity index (χ4n) is 2.32. The van der Waals surface area contributed by atoms with E-state index in [1.165, 1.54) is 5.56 Å². The lowest BCUT2D eigenvalue weighted by molar-refractivity contribution is 0.0526. The molecule has 3 heteroatoms. The van der Waals surface area contributed by atoms with E-state index in [2.05, 4.69) is 6.92 Å². The molecule has 0 bridgehead atoms. The van der Waals surface area contributed by atoms with Gasteiger partial charge in [-0.3, -0.25) is 0 Å². The van der Waals surface area contributed by atoms with Crippen molar-refractivity contribution >= 4 is 5.97 Å². The van der Waals surface area contributed by atoms with Gasteiger partial charge in [0.25, 0.3) is 0 Å². The maximum atomic E-state index is 11.6. The molecule has 1 rings (SSSR count). The molecule has 1 aromatic carbocycles. The number of hydrogen-bond acceptors (Lipinski definition) is 3. The molecule has 0 heterocycles. The minimum absolute atomic E-state index is 0.262. The van der Waals surface area contributed by atoms with Crippen molar-refractivity contribution in [1.29, 1.82) is 0 Å². The van der Waals surface area contributed by atoms with Crippen LogP contribution in [0.4, 0.5) is 0 Å². The summed E-state index contributed by atoms with van der Waals surface area (Å²) in [6.07, 6.45) is 2.13. The minimum atomic E-state index is -0.270. The van der Waals surface area contributed by atoms with Gasteiger partial charge in [-0.2, -0.15) is 0 Å². The Morgan fingerprint density at radius 1 is 1.26 bits per heavy atom. The molecule has 0 aliphatic carbocycles. The molecule has 0 saturated heterocycles. The van der Waals surface area contributed by atoms with Crippen molar-refractivity contribution < 1.29 is 9.53 Å². The quantitative estimate of drug-likeness (QED) is 0.799. The molecule has 0 saturated carbocycles. The topological polar surface area (TPSA) is 52.3 Å². The van der Waals surface area contributed by atoms with Gasteiger partial charge in [0, 0.05) is 11.5 Å². The minimum Gasteiger partial charge on any atom is -0.462 e. The summed E-state index contributed by atoms with van der Waals surface area (Å²) < 4.78 is 4.98. The first-order valence-corrected chi connectivity index (χ1v) is 6.96. The van der Waals surface area contributed by atoms with E-state index in [9.17, 15) is 4.79 Å². The first-order valence-electron chi connectivity index (χ1n) is 6.96. The monoisotopic (exact) mass is 263 g/mol. The fourth-order valence-corrected chi connectivity index (χ4v) is 2.32. The van der Waals surface area contributed by atoms with Crippen LogP contribution in [0.2, 0.25) is 0 Å². The lowest BCUT2D eigenvalue weighted by Gasteiger charge is -2.31. The Labute approximate surface area is 116 Å². The number of ether oxygens (including phenoxy) is 1. The van der Waals surface area contributed by atoms with Crippen LogP contribution < -0.4 is 5.73 Å². The van der Waals surface area contributed by atoms with Crippen LogP contribution in [-0.2, 0) is 4.74 Å². The summed E-state index contributed by atoms with van der Waals surface area (Å²) in [5, 5.41) is 0. The number of hydrogen-bond donors (Lipinski definition) is 1. The molecule has 0 spiro atoms. The van der Waals surface area contributed by atoms with Crippen molar-refractivity contribution in [1.82, 2.24) is 0 Å². The Morgan fingerprint density at radius 3 is 2.26 bits per heavy atom. The van der Waals surface area contributed by atoms with Gasteiger partial charge in [-0.05, 0) is 44.9 Å². The standard InChI is InChI=1S/C16H25NO2/c1-5-7-14(16(3,4)17)12-8-10-13(11-9-12)15(18)19-6-2/h8-11,14H,5-7,17H2,1-4H3. The van der Waals surface area contributed by atoms with Gasteiger partial charge >= 0.3 is 5.97 Å². The van der Waals surface area contributed by atoms with Crippen molar-refractivity contribution in [3.63, 3.8) is 0 Å². The zero-order valence-electron chi connectivity index (χ0n) is 12.4. The first-order chi connectivity index (χ1) is 8.90. The highest BCUT2D eigenvalue weighted by Gasteiger charge is 2.25. The molecule has 1 aromatic rings. The lowest BCUT2D eigenvalue weighted by atomic mass is 9.79. The Hall–Kier alpha value is -1.35. The maximum absolute atomic E-state index is 11.6. The SMILES string of the molecule is CCCC(c1ccc(C(=O)OCC)cc1)C(C)(C)N. The van der Waals surface area contributed by atoms with Crippen LogP contribution in [0.25, 0.3) is 0 Å². The molecule has 106 valence electrons. The molecule has 0 radical (unpaired) electrons. The van der Waals surface area contributed by atoms with E-state index in [1.807, 2.05) is 38.1 Å². The van der Waals surface area contributed by atoms with Gasteiger partial charge in [-0.1, -0.05) is 25.5 Å². The predicted octanol–water partition coefficient (Wildman–Crippen LogP) is 3.48. The molecule has 0 aromatic heterocycles. The van der Waals surface area contributed by atoms with Crippen LogP contribution in [0.3, 0.4) is 0 Å². The molecular weight excluding hydrogens is 238 g/mol. The van der Waals surface area contributed by atoms with Crippen LogP contribution in [-0.4, -0.2) is 18.1 Å². The van der Waals surface area contributed by atoms with Gasteiger partial charge in [-0.25, -0.2) is 4.79 Å². The Balaban J connectivity index is 2.92. The van der Waals surface area contributed by atoms with Crippen LogP contribution in [0.5, 0.6) is 0 Å². The smallest absolute Gasteiger partial charge is 0.338 e. The summed E-state index contributed by atoms with van der Waals surface area (Å²) in [6.45, 7) is 8.46. The molecular formula is C16H25NO2. The maximum Gasteiger partial charge on any atom is 0.338 e. The Kier molecular flexibility index (Phi) is 5.55. The Morgan fingerprint density at radius 2 is 1.84 bits per heavy atom. The van der Waals surface area contributed by atoms with Gasteiger partial charge in [0.05, 0.1) is 12.2 Å². The second kappa shape index (κ2) is 6.71. The summed E-state index contributed by atoms with van der Waals surface area (Å²) in [6, 6.07) is 7.62. The summed E-state index contributed by atoms with van der Waals surface area (Å²) >= 11 is 0. The van der Waals surface area contributed by atoms with E-state index in [0.717, 1.165) is 12.8 Å². The van der Waals surface area contributed by atoms with Crippen molar-refractivity contribution in [3.05, 3.63) is 35.4 Å². The van der Waals surface area contributed by atoms with E-state index in [-0.39, 0.29) is 11.5 Å². The molecule has 1 atom stereocenters. The lowest BCUT2D eigenvalue weighted by Crippen LogP contribution is -2.39. The first kappa shape index (κ1) is 15.7. The third-order valence-corrected chi connectivity index (χ3v) is 3.30. The second-order valence-electron chi connectivity index (χ2n) is 5.51. The van der Waals surface area contributed by atoms with Crippen molar-refractivity contribution in [3.8, 4) is 0 Å². The molecule has 0 aliphatic heterocycles. The molecule has 0 amide bonds. The zero-order valence-corrected chi connectivity index (χ0v) is 12.4. The third kappa shape index (κ3) is 4.35. The molecule has 0 aliphatic rings. The van der Waals surface area contributed by atoms with Crippen LogP contribution in [0, 0.1) is 0 Å². The summed E-state index contributed by atoms with van der Waals surface area (Å²) in [5.74, 6) is 0.0295. The second-order valence-corrected chi connectivity index (χ2v) is 5.51. The summed E-state index contributed by atoms with van der Waals surface area (Å²) in [7, 11) is 0. The van der Waals surface area contributed by atoms with Crippen molar-refractivity contribution in [2.75, 3.05) is 6.61 Å². The van der Waals surface area contributed by atoms with Gasteiger partial charge < -0.3 is 10.5 Å². The van der Waals surface area contributed by atoms with Crippen molar-refractivity contribution in [2.24, 2.45) is 5.73 Å². The molecule has 19 heavy (non-hydrogen) atoms. The predicted molar refractivity (Wildman–Crippen MR) is 78.3 cm³/mol. The number of esters is 1. The molecule has 1 unspecified atom stereocenters. The third-order valence-electron chi connectivity index (χ3n) is 3.30. The number of rotatable bonds is 6. The molecule has 3 nitrogen and oxygen atoms in total. The highest BCUT2D eigenvalue weighted by atomic mass is 16.5. The van der Waals surface area contributed by atoms with Crippen LogP contribution >= 0.6 is 0 Å². The van der Waals surface area contributed by atoms with E-state index < -0.39 is 0 Å². The van der Waals surface area contributed by atoms with Gasteiger partial charge in [0.15, 0.2) is 0 Å². The van der Waals surface area contributed by atoms with Gasteiger partial charge in [0.1, 0.15) is 0 Å². The van der Waals surface area contributed by atoms with E-state index in [4.69, 9.17) is 10.5 Å². The average molecular weight is 263 g/mol. The van der Waals surface area contributed by atoms with E-state index in [1.54, 1.807) is 6.92 Å².